The molecule has 3 aromatic carbocycles. The van der Waals surface area contributed by atoms with E-state index < -0.39 is 17.2 Å². The van der Waals surface area contributed by atoms with Crippen molar-refractivity contribution in [2.24, 2.45) is 0 Å². The third kappa shape index (κ3) is 23.2. The average molecular weight is 1060 g/mol. The van der Waals surface area contributed by atoms with Gasteiger partial charge in [0.2, 0.25) is 5.95 Å². The molecule has 0 aliphatic heterocycles. The summed E-state index contributed by atoms with van der Waals surface area (Å²) in [6.07, 6.45) is 39.0. The van der Waals surface area contributed by atoms with Crippen molar-refractivity contribution in [3.63, 3.8) is 0 Å². The summed E-state index contributed by atoms with van der Waals surface area (Å²) >= 11 is 0. The van der Waals surface area contributed by atoms with Crippen LogP contribution in [-0.4, -0.2) is 57.9 Å². The zero-order valence-electron chi connectivity index (χ0n) is 47.7. The highest BCUT2D eigenvalue weighted by Crippen LogP contribution is 2.40. The maximum absolute atomic E-state index is 13.8. The first-order valence-electron chi connectivity index (χ1n) is 30.3. The Labute approximate surface area is 462 Å². The second kappa shape index (κ2) is 38.1. The molecule has 0 atom stereocenters. The summed E-state index contributed by atoms with van der Waals surface area (Å²) in [6.45, 7) is 4.27. The second-order valence-corrected chi connectivity index (χ2v) is 21.3. The Morgan fingerprint density at radius 1 is 0.545 bits per heavy atom. The predicted molar refractivity (Wildman–Crippen MR) is 313 cm³/mol. The van der Waals surface area contributed by atoms with E-state index in [1.165, 1.54) is 160 Å². The van der Waals surface area contributed by atoms with Crippen molar-refractivity contribution < 1.29 is 28.5 Å². The summed E-state index contributed by atoms with van der Waals surface area (Å²) in [4.78, 5) is 52.2. The van der Waals surface area contributed by atoms with Crippen LogP contribution in [0, 0.1) is 0 Å². The number of H-pyrrole nitrogens is 1. The molecule has 0 spiro atoms. The first kappa shape index (κ1) is 62.4. The summed E-state index contributed by atoms with van der Waals surface area (Å²) in [6, 6.07) is 27.9. The molecule has 0 amide bonds. The minimum absolute atomic E-state index is 0.0875. The molecule has 2 heterocycles. The van der Waals surface area contributed by atoms with Gasteiger partial charge >= 0.3 is 11.9 Å². The number of imidazole rings is 1. The highest BCUT2D eigenvalue weighted by atomic mass is 16.6. The van der Waals surface area contributed by atoms with Crippen LogP contribution in [0.15, 0.2) is 96.1 Å². The zero-order chi connectivity index (χ0) is 54.4. The fourth-order valence-electron chi connectivity index (χ4n) is 10.3. The van der Waals surface area contributed by atoms with Gasteiger partial charge in [0.05, 0.1) is 13.4 Å². The van der Waals surface area contributed by atoms with E-state index in [2.05, 4.69) is 29.1 Å². The van der Waals surface area contributed by atoms with Gasteiger partial charge in [-0.1, -0.05) is 266 Å². The van der Waals surface area contributed by atoms with E-state index in [-0.39, 0.29) is 49.0 Å². The van der Waals surface area contributed by atoms with Crippen molar-refractivity contribution in [3.05, 3.63) is 118 Å². The SMILES string of the molecule is CCCCCCCCCCCCCCCCCC(=O)OCC(COC(=O)CCCCCCCCCCCCCCCCC)OCn1cnc2c(=O)[nH]c(NC(c3ccccc3)(c3ccccc3)c3ccc(OC)cc3)nc21. The normalized spacial score (nSPS) is 11.6. The molecule has 424 valence electrons. The van der Waals surface area contributed by atoms with Crippen molar-refractivity contribution in [1.29, 1.82) is 0 Å². The minimum atomic E-state index is -1.00. The van der Waals surface area contributed by atoms with E-state index in [9.17, 15) is 14.4 Å². The number of unbranched alkanes of at least 4 members (excludes halogenated alkanes) is 28. The highest BCUT2D eigenvalue weighted by molar-refractivity contribution is 5.72. The lowest BCUT2D eigenvalue weighted by atomic mass is 9.77. The van der Waals surface area contributed by atoms with Crippen molar-refractivity contribution in [1.82, 2.24) is 19.5 Å². The van der Waals surface area contributed by atoms with Gasteiger partial charge in [-0.25, -0.2) is 4.98 Å². The number of hydrogen-bond acceptors (Lipinski definition) is 10. The van der Waals surface area contributed by atoms with E-state index in [0.717, 1.165) is 55.2 Å². The fourth-order valence-corrected chi connectivity index (χ4v) is 10.3. The molecule has 0 unspecified atom stereocenters. The molecule has 2 aromatic heterocycles. The van der Waals surface area contributed by atoms with Gasteiger partial charge in [0, 0.05) is 12.8 Å². The number of hydrogen-bond donors (Lipinski definition) is 2. The number of aromatic amines is 1. The van der Waals surface area contributed by atoms with E-state index >= 15 is 0 Å². The van der Waals surface area contributed by atoms with Crippen LogP contribution < -0.4 is 15.6 Å². The van der Waals surface area contributed by atoms with E-state index in [1.54, 1.807) is 11.7 Å². The molecule has 0 aliphatic rings. The van der Waals surface area contributed by atoms with Crippen molar-refractivity contribution in [2.45, 2.75) is 238 Å². The van der Waals surface area contributed by atoms with Gasteiger partial charge in [-0.05, 0) is 41.7 Å². The van der Waals surface area contributed by atoms with Gasteiger partial charge in [0.25, 0.3) is 5.56 Å². The Hall–Kier alpha value is -5.49. The van der Waals surface area contributed by atoms with Crippen LogP contribution in [0.25, 0.3) is 11.2 Å². The lowest BCUT2D eigenvalue weighted by Crippen LogP contribution is -2.39. The summed E-state index contributed by atoms with van der Waals surface area (Å²) in [7, 11) is 1.64. The number of ether oxygens (including phenoxy) is 4. The Morgan fingerprint density at radius 2 is 0.935 bits per heavy atom. The van der Waals surface area contributed by atoms with E-state index in [1.807, 2.05) is 84.9 Å². The van der Waals surface area contributed by atoms with Crippen molar-refractivity contribution >= 4 is 29.1 Å². The molecule has 12 nitrogen and oxygen atoms in total. The number of carbonyl (C=O) groups is 2. The number of benzene rings is 3. The Kier molecular flexibility index (Phi) is 30.9. The Balaban J connectivity index is 1.16. The van der Waals surface area contributed by atoms with Crippen LogP contribution in [0.1, 0.15) is 236 Å². The predicted octanol–water partition coefficient (Wildman–Crippen LogP) is 16.5. The first-order valence-corrected chi connectivity index (χ1v) is 30.3. The van der Waals surface area contributed by atoms with Crippen molar-refractivity contribution in [3.8, 4) is 5.75 Å². The molecule has 2 N–H and O–H groups in total. The van der Waals surface area contributed by atoms with Crippen LogP contribution in [0.3, 0.4) is 0 Å². The van der Waals surface area contributed by atoms with Gasteiger partial charge < -0.3 is 24.3 Å². The summed E-state index contributed by atoms with van der Waals surface area (Å²) in [5.74, 6) is 0.326. The highest BCUT2D eigenvalue weighted by Gasteiger charge is 2.37. The number of carbonyl (C=O) groups excluding carboxylic acids is 2. The van der Waals surface area contributed by atoms with Gasteiger partial charge in [0.15, 0.2) is 11.2 Å². The molecular formula is C65H97N5O7. The zero-order valence-corrected chi connectivity index (χ0v) is 47.7. The number of aromatic nitrogens is 4. The van der Waals surface area contributed by atoms with E-state index in [0.29, 0.717) is 18.6 Å². The smallest absolute Gasteiger partial charge is 0.305 e. The molecule has 0 bridgehead atoms. The molecule has 0 aliphatic carbocycles. The standard InChI is InChI=1S/C65H97N5O7/c1-4-6-8-10-12-14-16-18-20-22-24-26-28-30-38-44-59(71)75-50-58(51-76-60(72)45-39-31-29-27-25-23-21-19-17-15-13-11-9-7-5-2)77-53-70-52-66-61-62(70)67-64(68-63(61)73)69-65(54-40-34-32-35-41-54,55-42-36-33-37-43-55)56-46-48-57(74-3)49-47-56/h32-37,40-43,46-49,52,58H,4-31,38-39,44-45,50-51,53H2,1-3H3,(H2,67,68,69,73). The molecule has 0 saturated carbocycles. The van der Waals surface area contributed by atoms with Gasteiger partial charge in [0.1, 0.15) is 37.3 Å². The number of nitrogens with zero attached hydrogens (tertiary/aromatic N) is 3. The summed E-state index contributed by atoms with van der Waals surface area (Å²) < 4.78 is 25.1. The molecule has 0 saturated heterocycles. The average Bonchev–Trinajstić information content (AvgIpc) is 3.90. The van der Waals surface area contributed by atoms with Gasteiger partial charge in [-0.2, -0.15) is 4.98 Å². The molecule has 12 heteroatoms. The minimum Gasteiger partial charge on any atom is -0.497 e. The number of anilines is 1. The first-order chi connectivity index (χ1) is 37.9. The number of rotatable bonds is 45. The van der Waals surface area contributed by atoms with Crippen molar-refractivity contribution in [2.75, 3.05) is 25.6 Å². The maximum atomic E-state index is 13.8. The number of fused-ring (bicyclic) bond motifs is 1. The maximum Gasteiger partial charge on any atom is 0.305 e. The lowest BCUT2D eigenvalue weighted by molar-refractivity contribution is -0.157. The van der Waals surface area contributed by atoms with Crippen LogP contribution in [0.4, 0.5) is 5.95 Å². The molecule has 5 aromatic rings. The quantitative estimate of drug-likeness (QED) is 0.0219. The third-order valence-electron chi connectivity index (χ3n) is 15.0. The number of nitrogens with one attached hydrogen (secondary N) is 2. The molecule has 0 radical (unpaired) electrons. The molecule has 0 fully saturated rings. The monoisotopic (exact) mass is 1060 g/mol. The van der Waals surface area contributed by atoms with Gasteiger partial charge in [-0.15, -0.1) is 0 Å². The Morgan fingerprint density at radius 3 is 1.34 bits per heavy atom. The van der Waals surface area contributed by atoms with Gasteiger partial charge in [-0.3, -0.25) is 23.9 Å². The molecule has 77 heavy (non-hydrogen) atoms. The third-order valence-corrected chi connectivity index (χ3v) is 15.0. The fraction of sp³-hybridized carbons (Fsp3) is 0.615. The number of esters is 2. The Bertz CT molecular complexity index is 2280. The number of methoxy groups -OCH3 is 1. The summed E-state index contributed by atoms with van der Waals surface area (Å²) in [5.41, 5.74) is 1.71. The molecular weight excluding hydrogens is 963 g/mol. The summed E-state index contributed by atoms with van der Waals surface area (Å²) in [5, 5.41) is 3.65. The van der Waals surface area contributed by atoms with Crippen LogP contribution in [0.5, 0.6) is 5.75 Å². The molecule has 5 rings (SSSR count). The lowest BCUT2D eigenvalue weighted by Gasteiger charge is -2.37. The van der Waals surface area contributed by atoms with Crippen LogP contribution in [0.2, 0.25) is 0 Å². The second-order valence-electron chi connectivity index (χ2n) is 21.3. The van der Waals surface area contributed by atoms with Crippen LogP contribution in [-0.2, 0) is 36.1 Å². The van der Waals surface area contributed by atoms with E-state index in [4.69, 9.17) is 23.9 Å². The topological polar surface area (TPSA) is 147 Å². The largest absolute Gasteiger partial charge is 0.497 e. The van der Waals surface area contributed by atoms with Crippen LogP contribution >= 0.6 is 0 Å².